The topological polar surface area (TPSA) is 74.8 Å². The van der Waals surface area contributed by atoms with Crippen LogP contribution in [0.25, 0.3) is 11.3 Å². The molecule has 0 radical (unpaired) electrons. The molecule has 0 spiro atoms. The van der Waals surface area contributed by atoms with E-state index in [1.807, 2.05) is 67.6 Å². The quantitative estimate of drug-likeness (QED) is 0.538. The largest absolute Gasteiger partial charge is 0.379 e. The van der Waals surface area contributed by atoms with E-state index in [0.29, 0.717) is 11.7 Å². The Bertz CT molecular complexity index is 1160. The summed E-state index contributed by atoms with van der Waals surface area (Å²) in [7, 11) is 0. The number of hydrogen-bond donors (Lipinski definition) is 1. The SMILES string of the molecule is CC(c1ccccc1)N1CC(C(=O)Nc2nc(-c3ccccc3)c(CN3CCOCC3)s2)CC1=O. The lowest BCUT2D eigenvalue weighted by atomic mass is 10.1. The number of benzene rings is 2. The summed E-state index contributed by atoms with van der Waals surface area (Å²) in [6.45, 7) is 6.43. The summed E-state index contributed by atoms with van der Waals surface area (Å²) in [5, 5.41) is 3.60. The predicted octanol–water partition coefficient (Wildman–Crippen LogP) is 4.19. The second kappa shape index (κ2) is 10.7. The maximum absolute atomic E-state index is 13.2. The number of aromatic nitrogens is 1. The second-order valence-corrected chi connectivity index (χ2v) is 10.2. The Hall–Kier alpha value is -3.07. The smallest absolute Gasteiger partial charge is 0.231 e. The standard InChI is InChI=1S/C27H30N4O3S/c1-19(20-8-4-2-5-9-20)31-17-22(16-24(31)32)26(33)29-27-28-25(21-10-6-3-7-11-21)23(35-27)18-30-12-14-34-15-13-30/h2-11,19,22H,12-18H2,1H3,(H,28,29,33). The van der Waals surface area contributed by atoms with Crippen molar-refractivity contribution >= 4 is 28.3 Å². The average molecular weight is 491 g/mol. The number of carbonyl (C=O) groups excluding carboxylic acids is 2. The van der Waals surface area contributed by atoms with Crippen LogP contribution in [0.4, 0.5) is 5.13 Å². The van der Waals surface area contributed by atoms with Gasteiger partial charge in [-0.05, 0) is 12.5 Å². The van der Waals surface area contributed by atoms with Crippen LogP contribution in [0.2, 0.25) is 0 Å². The van der Waals surface area contributed by atoms with E-state index in [4.69, 9.17) is 9.72 Å². The molecule has 182 valence electrons. The molecule has 0 saturated carbocycles. The van der Waals surface area contributed by atoms with Gasteiger partial charge in [0.25, 0.3) is 0 Å². The van der Waals surface area contributed by atoms with Gasteiger partial charge in [-0.2, -0.15) is 0 Å². The molecule has 1 aromatic heterocycles. The highest BCUT2D eigenvalue weighted by atomic mass is 32.1. The predicted molar refractivity (Wildman–Crippen MR) is 137 cm³/mol. The number of rotatable bonds is 7. The molecule has 2 amide bonds. The minimum Gasteiger partial charge on any atom is -0.379 e. The number of morpholine rings is 1. The van der Waals surface area contributed by atoms with E-state index in [2.05, 4.69) is 10.2 Å². The van der Waals surface area contributed by atoms with Gasteiger partial charge in [0, 0.05) is 43.0 Å². The summed E-state index contributed by atoms with van der Waals surface area (Å²) in [5.74, 6) is -0.522. The minimum absolute atomic E-state index is 0.0126. The molecule has 3 heterocycles. The van der Waals surface area contributed by atoms with Crippen molar-refractivity contribution in [1.82, 2.24) is 14.8 Å². The Balaban J connectivity index is 1.30. The van der Waals surface area contributed by atoms with Crippen LogP contribution in [0, 0.1) is 5.92 Å². The third-order valence-electron chi connectivity index (χ3n) is 6.72. The van der Waals surface area contributed by atoms with Crippen LogP contribution in [0.15, 0.2) is 60.7 Å². The summed E-state index contributed by atoms with van der Waals surface area (Å²) < 4.78 is 5.49. The molecule has 2 aliphatic heterocycles. The van der Waals surface area contributed by atoms with Crippen molar-refractivity contribution in [2.24, 2.45) is 5.92 Å². The van der Waals surface area contributed by atoms with Gasteiger partial charge in [0.05, 0.1) is 30.9 Å². The van der Waals surface area contributed by atoms with Crippen LogP contribution in [0.3, 0.4) is 0 Å². The van der Waals surface area contributed by atoms with Crippen LogP contribution in [0.5, 0.6) is 0 Å². The lowest BCUT2D eigenvalue weighted by Crippen LogP contribution is -2.35. The third kappa shape index (κ3) is 5.45. The molecular formula is C27H30N4O3S. The molecule has 8 heteroatoms. The van der Waals surface area contributed by atoms with Crippen LogP contribution in [-0.4, -0.2) is 59.4 Å². The summed E-state index contributed by atoms with van der Waals surface area (Å²) >= 11 is 1.52. The first kappa shape index (κ1) is 23.7. The number of anilines is 1. The number of hydrogen-bond acceptors (Lipinski definition) is 6. The van der Waals surface area contributed by atoms with Crippen molar-refractivity contribution in [3.05, 3.63) is 71.1 Å². The number of thiazole rings is 1. The maximum Gasteiger partial charge on any atom is 0.231 e. The molecule has 2 aliphatic rings. The van der Waals surface area contributed by atoms with Gasteiger partial charge >= 0.3 is 0 Å². The molecule has 2 aromatic carbocycles. The molecule has 1 N–H and O–H groups in total. The van der Waals surface area contributed by atoms with Crippen molar-refractivity contribution in [2.75, 3.05) is 38.2 Å². The normalized spacial score (nSPS) is 19.6. The maximum atomic E-state index is 13.2. The van der Waals surface area contributed by atoms with E-state index < -0.39 is 0 Å². The van der Waals surface area contributed by atoms with Gasteiger partial charge < -0.3 is 15.0 Å². The highest BCUT2D eigenvalue weighted by Crippen LogP contribution is 2.34. The van der Waals surface area contributed by atoms with Crippen molar-refractivity contribution in [1.29, 1.82) is 0 Å². The second-order valence-electron chi connectivity index (χ2n) is 9.07. The number of amides is 2. The van der Waals surface area contributed by atoms with Gasteiger partial charge in [0.15, 0.2) is 5.13 Å². The molecular weight excluding hydrogens is 460 g/mol. The Morgan fingerprint density at radius 2 is 1.80 bits per heavy atom. The fourth-order valence-electron chi connectivity index (χ4n) is 4.70. The van der Waals surface area contributed by atoms with Crippen LogP contribution in [-0.2, 0) is 20.9 Å². The molecule has 0 bridgehead atoms. The number of likely N-dealkylation sites (tertiary alicyclic amines) is 1. The fourth-order valence-corrected chi connectivity index (χ4v) is 5.73. The highest BCUT2D eigenvalue weighted by Gasteiger charge is 2.37. The van der Waals surface area contributed by atoms with E-state index in [9.17, 15) is 9.59 Å². The number of carbonyl (C=O) groups is 2. The first-order chi connectivity index (χ1) is 17.1. The molecule has 2 atom stereocenters. The molecule has 3 aromatic rings. The van der Waals surface area contributed by atoms with Crippen LogP contribution >= 0.6 is 11.3 Å². The zero-order valence-electron chi connectivity index (χ0n) is 19.9. The molecule has 2 unspecified atom stereocenters. The molecule has 35 heavy (non-hydrogen) atoms. The summed E-state index contributed by atoms with van der Waals surface area (Å²) in [6, 6.07) is 19.9. The summed E-state index contributed by atoms with van der Waals surface area (Å²) in [6.07, 6.45) is 0.223. The van der Waals surface area contributed by atoms with Gasteiger partial charge in [0.2, 0.25) is 11.8 Å². The van der Waals surface area contributed by atoms with Crippen molar-refractivity contribution in [3.8, 4) is 11.3 Å². The molecule has 7 nitrogen and oxygen atoms in total. The van der Waals surface area contributed by atoms with E-state index in [0.717, 1.165) is 54.5 Å². The Labute approximate surface area is 209 Å². The van der Waals surface area contributed by atoms with Gasteiger partial charge in [-0.15, -0.1) is 0 Å². The summed E-state index contributed by atoms with van der Waals surface area (Å²) in [4.78, 5) is 36.0. The fraction of sp³-hybridized carbons (Fsp3) is 0.370. The van der Waals surface area contributed by atoms with Gasteiger partial charge in [0.1, 0.15) is 0 Å². The first-order valence-corrected chi connectivity index (χ1v) is 12.9. The van der Waals surface area contributed by atoms with E-state index >= 15 is 0 Å². The van der Waals surface area contributed by atoms with Crippen molar-refractivity contribution in [3.63, 3.8) is 0 Å². The number of nitrogens with zero attached hydrogens (tertiary/aromatic N) is 3. The van der Waals surface area contributed by atoms with Crippen molar-refractivity contribution in [2.45, 2.75) is 25.9 Å². The monoisotopic (exact) mass is 490 g/mol. The van der Waals surface area contributed by atoms with E-state index in [1.165, 1.54) is 11.3 Å². The minimum atomic E-state index is -0.388. The Morgan fingerprint density at radius 1 is 1.11 bits per heavy atom. The average Bonchev–Trinajstić information content (AvgIpc) is 3.48. The van der Waals surface area contributed by atoms with Crippen molar-refractivity contribution < 1.29 is 14.3 Å². The highest BCUT2D eigenvalue weighted by molar-refractivity contribution is 7.16. The zero-order valence-corrected chi connectivity index (χ0v) is 20.7. The Morgan fingerprint density at radius 3 is 2.51 bits per heavy atom. The lowest BCUT2D eigenvalue weighted by molar-refractivity contribution is -0.129. The number of nitrogens with one attached hydrogen (secondary N) is 1. The Kier molecular flexibility index (Phi) is 7.22. The van der Waals surface area contributed by atoms with Gasteiger partial charge in [-0.1, -0.05) is 72.0 Å². The third-order valence-corrected chi connectivity index (χ3v) is 7.68. The zero-order chi connectivity index (χ0) is 24.2. The summed E-state index contributed by atoms with van der Waals surface area (Å²) in [5.41, 5.74) is 3.01. The van der Waals surface area contributed by atoms with Crippen LogP contribution < -0.4 is 5.32 Å². The molecule has 2 fully saturated rings. The lowest BCUT2D eigenvalue weighted by Gasteiger charge is -2.26. The molecule has 2 saturated heterocycles. The van der Waals surface area contributed by atoms with Gasteiger partial charge in [-0.3, -0.25) is 14.5 Å². The van der Waals surface area contributed by atoms with E-state index in [1.54, 1.807) is 4.90 Å². The number of ether oxygens (including phenoxy) is 1. The molecule has 5 rings (SSSR count). The first-order valence-electron chi connectivity index (χ1n) is 12.1. The molecule has 0 aliphatic carbocycles. The van der Waals surface area contributed by atoms with Gasteiger partial charge in [-0.25, -0.2) is 4.98 Å². The van der Waals surface area contributed by atoms with E-state index in [-0.39, 0.29) is 30.2 Å². The van der Waals surface area contributed by atoms with Crippen LogP contribution in [0.1, 0.15) is 29.8 Å².